The highest BCUT2D eigenvalue weighted by Crippen LogP contribution is 2.22. The summed E-state index contributed by atoms with van der Waals surface area (Å²) in [5.74, 6) is -0.109. The molecular weight excluding hydrogens is 356 g/mol. The quantitative estimate of drug-likeness (QED) is 0.788. The third-order valence-electron chi connectivity index (χ3n) is 4.75. The number of urea groups is 1. The number of piperidine rings is 1. The molecule has 3 amide bonds. The monoisotopic (exact) mass is 380 g/mol. The predicted molar refractivity (Wildman–Crippen MR) is 98.7 cm³/mol. The van der Waals surface area contributed by atoms with Gasteiger partial charge in [0.1, 0.15) is 0 Å². The van der Waals surface area contributed by atoms with Crippen molar-refractivity contribution >= 4 is 27.6 Å². The van der Waals surface area contributed by atoms with Crippen molar-refractivity contribution in [3.63, 3.8) is 0 Å². The Kier molecular flexibility index (Phi) is 5.47. The first kappa shape index (κ1) is 18.7. The standard InChI is InChI=1S/C17H24N4O4S/c1-26(24,25)19-12-15-4-2-3-10-20(15)16(22)13-5-7-14(8-6-13)21-11-9-18-17(21)23/h5-8,15,19H,2-4,9-12H2,1H3,(H,18,23)/t15-/m0/s1. The van der Waals surface area contributed by atoms with E-state index in [1.165, 1.54) is 0 Å². The van der Waals surface area contributed by atoms with E-state index >= 15 is 0 Å². The van der Waals surface area contributed by atoms with Crippen LogP contribution in [0.2, 0.25) is 0 Å². The number of hydrogen-bond donors (Lipinski definition) is 2. The molecule has 0 aromatic heterocycles. The molecule has 0 bridgehead atoms. The Balaban J connectivity index is 1.71. The molecule has 0 saturated carbocycles. The van der Waals surface area contributed by atoms with E-state index in [0.29, 0.717) is 25.2 Å². The first-order chi connectivity index (χ1) is 12.3. The Hall–Kier alpha value is -2.13. The summed E-state index contributed by atoms with van der Waals surface area (Å²) < 4.78 is 25.2. The molecule has 1 aromatic rings. The fraction of sp³-hybridized carbons (Fsp3) is 0.529. The molecular formula is C17H24N4O4S. The molecule has 26 heavy (non-hydrogen) atoms. The summed E-state index contributed by atoms with van der Waals surface area (Å²) in [6.07, 6.45) is 3.78. The molecule has 1 atom stereocenters. The van der Waals surface area contributed by atoms with Crippen LogP contribution < -0.4 is 14.9 Å². The molecule has 0 aliphatic carbocycles. The third-order valence-corrected chi connectivity index (χ3v) is 5.44. The Labute approximate surface area is 153 Å². The number of hydrogen-bond acceptors (Lipinski definition) is 4. The lowest BCUT2D eigenvalue weighted by molar-refractivity contribution is 0.0619. The molecule has 0 radical (unpaired) electrons. The Bertz CT molecular complexity index is 778. The zero-order valence-corrected chi connectivity index (χ0v) is 15.6. The number of nitrogens with one attached hydrogen (secondary N) is 2. The van der Waals surface area contributed by atoms with Crippen LogP contribution in [0.3, 0.4) is 0 Å². The maximum atomic E-state index is 12.9. The second-order valence-electron chi connectivity index (χ2n) is 6.70. The smallest absolute Gasteiger partial charge is 0.321 e. The molecule has 8 nitrogen and oxygen atoms in total. The van der Waals surface area contributed by atoms with Crippen LogP contribution in [0.15, 0.2) is 24.3 Å². The van der Waals surface area contributed by atoms with Gasteiger partial charge in [-0.2, -0.15) is 0 Å². The van der Waals surface area contributed by atoms with Crippen molar-refractivity contribution in [3.8, 4) is 0 Å². The summed E-state index contributed by atoms with van der Waals surface area (Å²) in [4.78, 5) is 28.0. The van der Waals surface area contributed by atoms with Crippen molar-refractivity contribution in [1.29, 1.82) is 0 Å². The predicted octanol–water partition coefficient (Wildman–Crippen LogP) is 0.760. The number of rotatable bonds is 5. The Morgan fingerprint density at radius 2 is 1.96 bits per heavy atom. The fourth-order valence-corrected chi connectivity index (χ4v) is 3.89. The number of carbonyl (C=O) groups excluding carboxylic acids is 2. The van der Waals surface area contributed by atoms with Crippen molar-refractivity contribution in [2.75, 3.05) is 37.3 Å². The zero-order valence-electron chi connectivity index (χ0n) is 14.8. The van der Waals surface area contributed by atoms with E-state index in [1.807, 2.05) is 0 Å². The normalized spacial score (nSPS) is 21.0. The number of benzene rings is 1. The fourth-order valence-electron chi connectivity index (χ4n) is 3.40. The summed E-state index contributed by atoms with van der Waals surface area (Å²) in [7, 11) is -3.29. The van der Waals surface area contributed by atoms with Gasteiger partial charge >= 0.3 is 6.03 Å². The maximum Gasteiger partial charge on any atom is 0.321 e. The lowest BCUT2D eigenvalue weighted by Gasteiger charge is -2.36. The molecule has 0 spiro atoms. The lowest BCUT2D eigenvalue weighted by atomic mass is 10.0. The molecule has 142 valence electrons. The van der Waals surface area contributed by atoms with Gasteiger partial charge in [0.2, 0.25) is 10.0 Å². The van der Waals surface area contributed by atoms with Crippen LogP contribution in [0, 0.1) is 0 Å². The molecule has 2 aliphatic rings. The van der Waals surface area contributed by atoms with Crippen LogP contribution in [-0.4, -0.2) is 63.7 Å². The van der Waals surface area contributed by atoms with Gasteiger partial charge in [0.05, 0.1) is 6.26 Å². The van der Waals surface area contributed by atoms with E-state index in [9.17, 15) is 18.0 Å². The summed E-state index contributed by atoms with van der Waals surface area (Å²) in [5.41, 5.74) is 1.30. The Morgan fingerprint density at radius 3 is 2.58 bits per heavy atom. The van der Waals surface area contributed by atoms with Gasteiger partial charge in [-0.15, -0.1) is 0 Å². The van der Waals surface area contributed by atoms with E-state index in [0.717, 1.165) is 31.2 Å². The van der Waals surface area contributed by atoms with E-state index in [1.54, 1.807) is 34.1 Å². The van der Waals surface area contributed by atoms with Crippen molar-refractivity contribution in [3.05, 3.63) is 29.8 Å². The highest BCUT2D eigenvalue weighted by atomic mass is 32.2. The number of sulfonamides is 1. The van der Waals surface area contributed by atoms with Gasteiger partial charge in [-0.3, -0.25) is 9.69 Å². The molecule has 0 unspecified atom stereocenters. The number of carbonyl (C=O) groups is 2. The molecule has 2 N–H and O–H groups in total. The van der Waals surface area contributed by atoms with Crippen molar-refractivity contribution in [2.24, 2.45) is 0 Å². The number of nitrogens with zero attached hydrogens (tertiary/aromatic N) is 2. The molecule has 1 aromatic carbocycles. The number of amides is 3. The van der Waals surface area contributed by atoms with Gasteiger partial charge in [-0.05, 0) is 43.5 Å². The molecule has 2 aliphatic heterocycles. The van der Waals surface area contributed by atoms with Crippen molar-refractivity contribution in [2.45, 2.75) is 25.3 Å². The highest BCUT2D eigenvalue weighted by Gasteiger charge is 2.28. The highest BCUT2D eigenvalue weighted by molar-refractivity contribution is 7.88. The lowest BCUT2D eigenvalue weighted by Crippen LogP contribution is -2.49. The minimum Gasteiger partial charge on any atom is -0.336 e. The van der Waals surface area contributed by atoms with Crippen LogP contribution in [0.4, 0.5) is 10.5 Å². The largest absolute Gasteiger partial charge is 0.336 e. The van der Waals surface area contributed by atoms with E-state index in [4.69, 9.17) is 0 Å². The summed E-state index contributed by atoms with van der Waals surface area (Å²) in [6, 6.07) is 6.71. The average Bonchev–Trinajstić information content (AvgIpc) is 3.05. The van der Waals surface area contributed by atoms with Crippen LogP contribution in [0.25, 0.3) is 0 Å². The van der Waals surface area contributed by atoms with Crippen molar-refractivity contribution in [1.82, 2.24) is 14.9 Å². The zero-order chi connectivity index (χ0) is 18.7. The topological polar surface area (TPSA) is 98.8 Å². The average molecular weight is 380 g/mol. The van der Waals surface area contributed by atoms with Gasteiger partial charge in [0.15, 0.2) is 0 Å². The van der Waals surface area contributed by atoms with Crippen LogP contribution in [0.5, 0.6) is 0 Å². The Morgan fingerprint density at radius 1 is 1.23 bits per heavy atom. The van der Waals surface area contributed by atoms with Crippen LogP contribution >= 0.6 is 0 Å². The van der Waals surface area contributed by atoms with E-state index < -0.39 is 10.0 Å². The second-order valence-corrected chi connectivity index (χ2v) is 8.53. The molecule has 2 heterocycles. The third kappa shape index (κ3) is 4.34. The van der Waals surface area contributed by atoms with Gasteiger partial charge in [-0.1, -0.05) is 0 Å². The van der Waals surface area contributed by atoms with E-state index in [-0.39, 0.29) is 24.5 Å². The van der Waals surface area contributed by atoms with Crippen LogP contribution in [0.1, 0.15) is 29.6 Å². The number of anilines is 1. The summed E-state index contributed by atoms with van der Waals surface area (Å²) >= 11 is 0. The van der Waals surface area contributed by atoms with Crippen LogP contribution in [-0.2, 0) is 10.0 Å². The minimum atomic E-state index is -3.29. The molecule has 2 fully saturated rings. The number of likely N-dealkylation sites (tertiary alicyclic amines) is 1. The van der Waals surface area contributed by atoms with Crippen molar-refractivity contribution < 1.29 is 18.0 Å². The summed E-state index contributed by atoms with van der Waals surface area (Å²) in [6.45, 7) is 2.07. The maximum absolute atomic E-state index is 12.9. The molecule has 3 rings (SSSR count). The second kappa shape index (κ2) is 7.63. The molecule has 9 heteroatoms. The van der Waals surface area contributed by atoms with Gasteiger partial charge in [0, 0.05) is 43.5 Å². The van der Waals surface area contributed by atoms with E-state index in [2.05, 4.69) is 10.0 Å². The minimum absolute atomic E-state index is 0.109. The summed E-state index contributed by atoms with van der Waals surface area (Å²) in [5, 5.41) is 2.74. The molecule has 2 saturated heterocycles. The van der Waals surface area contributed by atoms with Gasteiger partial charge in [-0.25, -0.2) is 17.9 Å². The van der Waals surface area contributed by atoms with Gasteiger partial charge < -0.3 is 10.2 Å². The first-order valence-electron chi connectivity index (χ1n) is 8.76. The first-order valence-corrected chi connectivity index (χ1v) is 10.7. The van der Waals surface area contributed by atoms with Gasteiger partial charge in [0.25, 0.3) is 5.91 Å². The SMILES string of the molecule is CS(=O)(=O)NC[C@@H]1CCCCN1C(=O)c1ccc(N2CCNC2=O)cc1.